The Balaban J connectivity index is 0.000000188. The van der Waals surface area contributed by atoms with Crippen LogP contribution >= 0.6 is 35.5 Å². The standard InChI is InChI=1S/2C25H24FN5O3S.ClH/c2*1-2-30-14-19(25(33)34)24(32)18-11-20(26)23(12-22(18)30)31-9-7-29(8-10-31)13-16-3-5-17(6-4-16)21-15-35-28-27-21;/h2*3-6,11-12,14-15H,2,7-10,13H2,1H3,(H,33,34);1H. The van der Waals surface area contributed by atoms with Gasteiger partial charge in [0.15, 0.2) is 0 Å². The average molecular weight is 1020 g/mol. The summed E-state index contributed by atoms with van der Waals surface area (Å²) in [4.78, 5) is 56.7. The molecule has 0 amide bonds. The van der Waals surface area contributed by atoms with Crippen molar-refractivity contribution in [3.05, 3.63) is 150 Å². The van der Waals surface area contributed by atoms with E-state index >= 15 is 8.78 Å². The van der Waals surface area contributed by atoms with Crippen molar-refractivity contribution >= 4 is 80.6 Å². The Morgan fingerprint density at radius 2 is 0.944 bits per heavy atom. The number of nitrogens with zero attached hydrogens (tertiary/aromatic N) is 10. The number of hydrogen-bond acceptors (Lipinski definition) is 14. The molecule has 0 radical (unpaired) electrons. The average Bonchev–Trinajstić information content (AvgIpc) is 4.12. The highest BCUT2D eigenvalue weighted by atomic mass is 35.5. The molecule has 0 aliphatic carbocycles. The topological polar surface area (TPSA) is 183 Å². The first-order valence-corrected chi connectivity index (χ1v) is 24.4. The number of carbonyl (C=O) groups is 2. The van der Waals surface area contributed by atoms with Crippen molar-refractivity contribution in [3.63, 3.8) is 0 Å². The van der Waals surface area contributed by atoms with Crippen LogP contribution in [-0.4, -0.2) is 113 Å². The van der Waals surface area contributed by atoms with Gasteiger partial charge in [-0.15, -0.1) is 22.6 Å². The molecule has 21 heteroatoms. The monoisotopic (exact) mass is 1020 g/mol. The molecule has 0 saturated carbocycles. The van der Waals surface area contributed by atoms with Crippen molar-refractivity contribution in [2.45, 2.75) is 40.0 Å². The molecule has 2 N–H and O–H groups in total. The lowest BCUT2D eigenvalue weighted by Crippen LogP contribution is -2.46. The fraction of sp³-hybridized carbons (Fsp3) is 0.280. The van der Waals surface area contributed by atoms with Crippen LogP contribution in [0.5, 0.6) is 0 Å². The molecule has 8 aromatic rings. The molecule has 4 aromatic heterocycles. The Labute approximate surface area is 420 Å². The van der Waals surface area contributed by atoms with Gasteiger partial charge in [0.05, 0.1) is 22.4 Å². The van der Waals surface area contributed by atoms with Crippen LogP contribution in [0.2, 0.25) is 0 Å². The molecular weight excluding hydrogens is 974 g/mol. The number of benzene rings is 4. The third kappa shape index (κ3) is 10.9. The largest absolute Gasteiger partial charge is 0.477 e. The van der Waals surface area contributed by atoms with E-state index in [0.29, 0.717) is 61.7 Å². The highest BCUT2D eigenvalue weighted by Crippen LogP contribution is 2.29. The zero-order valence-electron chi connectivity index (χ0n) is 38.7. The van der Waals surface area contributed by atoms with Gasteiger partial charge in [0, 0.05) is 124 Å². The lowest BCUT2D eigenvalue weighted by molar-refractivity contribution is 0.0684. The second kappa shape index (κ2) is 22.0. The van der Waals surface area contributed by atoms with Gasteiger partial charge in [-0.1, -0.05) is 57.5 Å². The molecule has 0 atom stereocenters. The van der Waals surface area contributed by atoms with Gasteiger partial charge in [0.25, 0.3) is 0 Å². The SMILES string of the molecule is CCn1cc(C(=O)O)c(=O)c2cc(F)c(N3CCN(Cc4ccc(-c5csnn5)cc4)CC3)cc21.CCn1cc(C(=O)O)c(=O)c2cc(F)c(N3CCN(Cc4ccc(-c5csnn5)cc4)CC3)cc21.Cl. The van der Waals surface area contributed by atoms with Crippen LogP contribution in [-0.2, 0) is 26.2 Å². The molecule has 6 heterocycles. The van der Waals surface area contributed by atoms with Crippen LogP contribution in [0.3, 0.4) is 0 Å². The summed E-state index contributed by atoms with van der Waals surface area (Å²) in [6.07, 6.45) is 2.67. The van der Waals surface area contributed by atoms with Gasteiger partial charge in [0.2, 0.25) is 10.9 Å². The number of anilines is 2. The van der Waals surface area contributed by atoms with E-state index in [1.165, 1.54) is 58.7 Å². The minimum atomic E-state index is -1.31. The smallest absolute Gasteiger partial charge is 0.341 e. The van der Waals surface area contributed by atoms with Crippen molar-refractivity contribution in [1.29, 1.82) is 0 Å². The predicted molar refractivity (Wildman–Crippen MR) is 275 cm³/mol. The maximum Gasteiger partial charge on any atom is 0.341 e. The van der Waals surface area contributed by atoms with E-state index in [1.54, 1.807) is 21.3 Å². The second-order valence-corrected chi connectivity index (χ2v) is 18.3. The molecule has 4 aromatic carbocycles. The van der Waals surface area contributed by atoms with Gasteiger partial charge in [-0.2, -0.15) is 0 Å². The first kappa shape index (κ1) is 50.4. The van der Waals surface area contributed by atoms with Crippen molar-refractivity contribution in [3.8, 4) is 22.5 Å². The zero-order chi connectivity index (χ0) is 49.1. The summed E-state index contributed by atoms with van der Waals surface area (Å²) in [5.41, 5.74) is 6.15. The zero-order valence-corrected chi connectivity index (χ0v) is 41.2. The van der Waals surface area contributed by atoms with Gasteiger partial charge in [0.1, 0.15) is 34.1 Å². The summed E-state index contributed by atoms with van der Waals surface area (Å²) in [6, 6.07) is 22.3. The molecule has 0 bridgehead atoms. The molecule has 368 valence electrons. The van der Waals surface area contributed by atoms with Crippen molar-refractivity contribution < 1.29 is 28.6 Å². The number of hydrogen-bond donors (Lipinski definition) is 2. The molecule has 2 aliphatic heterocycles. The van der Waals surface area contributed by atoms with E-state index in [4.69, 9.17) is 0 Å². The number of halogens is 3. The first-order valence-electron chi connectivity index (χ1n) is 22.8. The minimum Gasteiger partial charge on any atom is -0.477 e. The van der Waals surface area contributed by atoms with E-state index < -0.39 is 34.4 Å². The lowest BCUT2D eigenvalue weighted by atomic mass is 10.1. The van der Waals surface area contributed by atoms with Crippen LogP contribution in [0.25, 0.3) is 44.3 Å². The van der Waals surface area contributed by atoms with Gasteiger partial charge >= 0.3 is 11.9 Å². The molecule has 16 nitrogen and oxygen atoms in total. The van der Waals surface area contributed by atoms with Crippen LogP contribution in [0.4, 0.5) is 20.2 Å². The van der Waals surface area contributed by atoms with Gasteiger partial charge in [-0.05, 0) is 72.3 Å². The molecular formula is C50H49ClF2N10O6S2. The summed E-state index contributed by atoms with van der Waals surface area (Å²) in [7, 11) is 0. The molecule has 10 rings (SSSR count). The second-order valence-electron chi connectivity index (χ2n) is 17.1. The molecule has 0 spiro atoms. The molecule has 0 unspecified atom stereocenters. The highest BCUT2D eigenvalue weighted by Gasteiger charge is 2.25. The third-order valence-corrected chi connectivity index (χ3v) is 13.9. The Hall–Kier alpha value is -6.97. The summed E-state index contributed by atoms with van der Waals surface area (Å²) >= 11 is 2.66. The van der Waals surface area contributed by atoms with Crippen LogP contribution in [0.15, 0.2) is 106 Å². The Kier molecular flexibility index (Phi) is 15.6. The van der Waals surface area contributed by atoms with Gasteiger partial charge < -0.3 is 29.1 Å². The van der Waals surface area contributed by atoms with E-state index in [2.05, 4.69) is 77.5 Å². The summed E-state index contributed by atoms with van der Waals surface area (Å²) in [5.74, 6) is -3.65. The molecule has 2 fully saturated rings. The predicted octanol–water partition coefficient (Wildman–Crippen LogP) is 7.82. The van der Waals surface area contributed by atoms with Crippen molar-refractivity contribution in [1.82, 2.24) is 38.1 Å². The number of carboxylic acids is 2. The molecule has 2 aliphatic rings. The lowest BCUT2D eigenvalue weighted by Gasteiger charge is -2.36. The fourth-order valence-corrected chi connectivity index (χ4v) is 9.99. The fourth-order valence-electron chi connectivity index (χ4n) is 9.06. The number of pyridine rings is 2. The van der Waals surface area contributed by atoms with Crippen molar-refractivity contribution in [2.24, 2.45) is 0 Å². The molecule has 2 saturated heterocycles. The van der Waals surface area contributed by atoms with E-state index in [-0.39, 0.29) is 34.3 Å². The first-order chi connectivity index (χ1) is 33.9. The number of carboxylic acid groups (broad SMARTS) is 2. The summed E-state index contributed by atoms with van der Waals surface area (Å²) in [5, 5.41) is 30.9. The van der Waals surface area contributed by atoms with Gasteiger partial charge in [-0.25, -0.2) is 18.4 Å². The Morgan fingerprint density at radius 3 is 1.25 bits per heavy atom. The Morgan fingerprint density at radius 1 is 0.577 bits per heavy atom. The van der Waals surface area contributed by atoms with Crippen LogP contribution in [0.1, 0.15) is 45.7 Å². The maximum absolute atomic E-state index is 15.1. The maximum atomic E-state index is 15.1. The quantitative estimate of drug-likeness (QED) is 0.121. The highest BCUT2D eigenvalue weighted by molar-refractivity contribution is 7.03. The van der Waals surface area contributed by atoms with E-state index in [1.807, 2.05) is 34.4 Å². The molecule has 71 heavy (non-hydrogen) atoms. The number of rotatable bonds is 12. The third-order valence-electron chi connectivity index (χ3n) is 12.9. The summed E-state index contributed by atoms with van der Waals surface area (Å²) < 4.78 is 41.4. The normalized spacial score (nSPS) is 14.3. The van der Waals surface area contributed by atoms with Crippen molar-refractivity contribution in [2.75, 3.05) is 62.2 Å². The van der Waals surface area contributed by atoms with Crippen LogP contribution < -0.4 is 20.7 Å². The number of aryl methyl sites for hydroxylation is 2. The van der Waals surface area contributed by atoms with Gasteiger partial charge in [-0.3, -0.25) is 19.4 Å². The van der Waals surface area contributed by atoms with E-state index in [0.717, 1.165) is 61.8 Å². The number of aromatic nitrogens is 6. The number of fused-ring (bicyclic) bond motifs is 2. The number of piperazine rings is 2. The van der Waals surface area contributed by atoms with E-state index in [9.17, 15) is 29.4 Å². The summed E-state index contributed by atoms with van der Waals surface area (Å²) in [6.45, 7) is 11.9. The van der Waals surface area contributed by atoms with Crippen LogP contribution in [0, 0.1) is 11.6 Å². The Bertz CT molecular complexity index is 3090. The number of aromatic carboxylic acids is 2. The minimum absolute atomic E-state index is 0.